The van der Waals surface area contributed by atoms with Gasteiger partial charge in [0.15, 0.2) is 0 Å². The van der Waals surface area contributed by atoms with Crippen molar-refractivity contribution in [3.05, 3.63) is 0 Å². The number of guanidine groups is 1. The first kappa shape index (κ1) is 10.2. The van der Waals surface area contributed by atoms with Gasteiger partial charge in [-0.3, -0.25) is 5.43 Å². The Hall–Kier alpha value is -0.810. The fourth-order valence-corrected chi connectivity index (χ4v) is 0.743. The molecule has 11 heavy (non-hydrogen) atoms. The quantitative estimate of drug-likeness (QED) is 0.182. The van der Waals surface area contributed by atoms with Crippen LogP contribution in [0.5, 0.6) is 0 Å². The van der Waals surface area contributed by atoms with Crippen LogP contribution in [-0.4, -0.2) is 23.7 Å². The largest absolute Gasteiger partial charge is 0.396 e. The van der Waals surface area contributed by atoms with Gasteiger partial charge in [0, 0.05) is 6.61 Å². The predicted octanol–water partition coefficient (Wildman–Crippen LogP) is -1.07. The molecule has 1 atom stereocenters. The fourth-order valence-electron chi connectivity index (χ4n) is 0.743. The first-order valence-corrected chi connectivity index (χ1v) is 3.65. The van der Waals surface area contributed by atoms with E-state index in [1.165, 1.54) is 0 Å². The van der Waals surface area contributed by atoms with E-state index in [4.69, 9.17) is 16.7 Å². The molecule has 0 aliphatic rings. The molecule has 5 heteroatoms. The summed E-state index contributed by atoms with van der Waals surface area (Å²) in [6.45, 7) is 2.10. The number of hydrazine groups is 1. The van der Waals surface area contributed by atoms with Crippen molar-refractivity contribution in [2.24, 2.45) is 16.6 Å². The molecular weight excluding hydrogens is 144 g/mol. The minimum absolute atomic E-state index is 0.0658. The van der Waals surface area contributed by atoms with E-state index < -0.39 is 0 Å². The highest BCUT2D eigenvalue weighted by Crippen LogP contribution is 2.00. The third kappa shape index (κ3) is 4.58. The second kappa shape index (κ2) is 5.94. The number of nitrogens with two attached hydrogens (primary N) is 2. The van der Waals surface area contributed by atoms with Crippen molar-refractivity contribution in [1.29, 1.82) is 0 Å². The second-order valence-corrected chi connectivity index (χ2v) is 2.23. The summed E-state index contributed by atoms with van der Waals surface area (Å²) >= 11 is 0. The van der Waals surface area contributed by atoms with Crippen LogP contribution in [0.3, 0.4) is 0 Å². The van der Waals surface area contributed by atoms with Gasteiger partial charge in [0.2, 0.25) is 5.96 Å². The maximum atomic E-state index is 8.59. The summed E-state index contributed by atoms with van der Waals surface area (Å²) in [6, 6.07) is 0.0658. The lowest BCUT2D eigenvalue weighted by molar-refractivity contribution is 0.274. The molecule has 0 aromatic heterocycles. The number of aliphatic imine (C=N–C) groups is 1. The number of nitrogens with one attached hydrogen (secondary N) is 1. The van der Waals surface area contributed by atoms with E-state index in [-0.39, 0.29) is 18.6 Å². The molecule has 0 heterocycles. The highest BCUT2D eigenvalue weighted by molar-refractivity contribution is 5.77. The van der Waals surface area contributed by atoms with Gasteiger partial charge in [-0.2, -0.15) is 0 Å². The molecule has 66 valence electrons. The van der Waals surface area contributed by atoms with Gasteiger partial charge in [-0.15, -0.1) is 0 Å². The Balaban J connectivity index is 3.84. The molecule has 0 radical (unpaired) electrons. The number of aliphatic hydroxyl groups excluding tert-OH is 1. The van der Waals surface area contributed by atoms with Crippen molar-refractivity contribution in [3.8, 4) is 0 Å². The van der Waals surface area contributed by atoms with Crippen LogP contribution in [0, 0.1) is 0 Å². The summed E-state index contributed by atoms with van der Waals surface area (Å²) in [6.07, 6.45) is 1.47. The summed E-state index contributed by atoms with van der Waals surface area (Å²) in [4.78, 5) is 4.00. The van der Waals surface area contributed by atoms with Crippen molar-refractivity contribution in [1.82, 2.24) is 5.43 Å². The summed E-state index contributed by atoms with van der Waals surface area (Å²) in [5.74, 6) is 5.22. The Morgan fingerprint density at radius 2 is 2.36 bits per heavy atom. The molecular formula is C6H16N4O. The summed E-state index contributed by atoms with van der Waals surface area (Å²) < 4.78 is 0. The molecule has 0 aliphatic carbocycles. The van der Waals surface area contributed by atoms with Gasteiger partial charge >= 0.3 is 0 Å². The molecule has 0 aromatic rings. The van der Waals surface area contributed by atoms with E-state index in [1.54, 1.807) is 0 Å². The van der Waals surface area contributed by atoms with E-state index in [0.29, 0.717) is 6.42 Å². The number of nitrogens with zero attached hydrogens (tertiary/aromatic N) is 1. The van der Waals surface area contributed by atoms with Gasteiger partial charge in [0.05, 0.1) is 6.04 Å². The Kier molecular flexibility index (Phi) is 5.50. The minimum atomic E-state index is 0.0658. The predicted molar refractivity (Wildman–Crippen MR) is 44.7 cm³/mol. The average molecular weight is 160 g/mol. The van der Waals surface area contributed by atoms with E-state index in [2.05, 4.69) is 10.4 Å². The Labute approximate surface area is 66.5 Å². The topological polar surface area (TPSA) is 96.7 Å². The normalized spacial score (nSPS) is 14.6. The maximum absolute atomic E-state index is 8.59. The van der Waals surface area contributed by atoms with Gasteiger partial charge in [-0.1, -0.05) is 6.92 Å². The molecule has 5 nitrogen and oxygen atoms in total. The monoisotopic (exact) mass is 160 g/mol. The lowest BCUT2D eigenvalue weighted by atomic mass is 10.2. The molecule has 1 unspecified atom stereocenters. The van der Waals surface area contributed by atoms with Gasteiger partial charge < -0.3 is 10.8 Å². The molecule has 0 spiro atoms. The van der Waals surface area contributed by atoms with Gasteiger partial charge in [0.25, 0.3) is 0 Å². The third-order valence-corrected chi connectivity index (χ3v) is 1.40. The lowest BCUT2D eigenvalue weighted by Gasteiger charge is -2.08. The van der Waals surface area contributed by atoms with E-state index in [0.717, 1.165) is 6.42 Å². The van der Waals surface area contributed by atoms with Crippen molar-refractivity contribution in [3.63, 3.8) is 0 Å². The van der Waals surface area contributed by atoms with Crippen LogP contribution in [-0.2, 0) is 0 Å². The van der Waals surface area contributed by atoms with E-state index >= 15 is 0 Å². The Morgan fingerprint density at radius 3 is 2.73 bits per heavy atom. The first-order valence-electron chi connectivity index (χ1n) is 3.65. The van der Waals surface area contributed by atoms with Crippen molar-refractivity contribution in [2.45, 2.75) is 25.8 Å². The molecule has 0 aliphatic heterocycles. The lowest BCUT2D eigenvalue weighted by Crippen LogP contribution is -2.38. The molecule has 0 amide bonds. The SMILES string of the molecule is CCC(CCO)N=C(N)NN. The number of rotatable bonds is 4. The zero-order chi connectivity index (χ0) is 8.69. The van der Waals surface area contributed by atoms with Crippen LogP contribution < -0.4 is 17.0 Å². The molecule has 6 N–H and O–H groups in total. The molecule has 0 aromatic carbocycles. The van der Waals surface area contributed by atoms with E-state index in [1.807, 2.05) is 6.92 Å². The average Bonchev–Trinajstić information content (AvgIpc) is 2.03. The Bertz CT molecular complexity index is 126. The van der Waals surface area contributed by atoms with Crippen LogP contribution in [0.2, 0.25) is 0 Å². The van der Waals surface area contributed by atoms with Crippen LogP contribution in [0.1, 0.15) is 19.8 Å². The number of hydrogen-bond acceptors (Lipinski definition) is 3. The molecule has 0 rings (SSSR count). The van der Waals surface area contributed by atoms with Gasteiger partial charge in [-0.25, -0.2) is 10.8 Å². The zero-order valence-corrected chi connectivity index (χ0v) is 6.75. The first-order chi connectivity index (χ1) is 5.24. The number of aliphatic hydroxyl groups is 1. The van der Waals surface area contributed by atoms with Crippen LogP contribution in [0.25, 0.3) is 0 Å². The van der Waals surface area contributed by atoms with Gasteiger partial charge in [0.1, 0.15) is 0 Å². The van der Waals surface area contributed by atoms with Crippen molar-refractivity contribution >= 4 is 5.96 Å². The number of hydrogen-bond donors (Lipinski definition) is 4. The van der Waals surface area contributed by atoms with Crippen molar-refractivity contribution in [2.75, 3.05) is 6.61 Å². The van der Waals surface area contributed by atoms with Crippen LogP contribution in [0.4, 0.5) is 0 Å². The van der Waals surface area contributed by atoms with Crippen molar-refractivity contribution < 1.29 is 5.11 Å². The maximum Gasteiger partial charge on any atom is 0.203 e. The minimum Gasteiger partial charge on any atom is -0.396 e. The van der Waals surface area contributed by atoms with Crippen LogP contribution in [0.15, 0.2) is 4.99 Å². The molecule has 0 saturated heterocycles. The molecule has 0 bridgehead atoms. The third-order valence-electron chi connectivity index (χ3n) is 1.40. The van der Waals surface area contributed by atoms with E-state index in [9.17, 15) is 0 Å². The highest BCUT2D eigenvalue weighted by Gasteiger charge is 2.02. The zero-order valence-electron chi connectivity index (χ0n) is 6.75. The van der Waals surface area contributed by atoms with Gasteiger partial charge in [-0.05, 0) is 12.8 Å². The smallest absolute Gasteiger partial charge is 0.203 e. The highest BCUT2D eigenvalue weighted by atomic mass is 16.3. The fraction of sp³-hybridized carbons (Fsp3) is 0.833. The molecule has 0 fully saturated rings. The van der Waals surface area contributed by atoms with Crippen LogP contribution >= 0.6 is 0 Å². The molecule has 0 saturated carbocycles. The summed E-state index contributed by atoms with van der Waals surface area (Å²) in [5.41, 5.74) is 7.55. The second-order valence-electron chi connectivity index (χ2n) is 2.23. The summed E-state index contributed by atoms with van der Waals surface area (Å²) in [5, 5.41) is 8.59. The summed E-state index contributed by atoms with van der Waals surface area (Å²) in [7, 11) is 0. The standard InChI is InChI=1S/C6H16N4O/c1-2-5(3-4-11)9-6(7)10-8/h5,11H,2-4,8H2,1H3,(H3,7,9,10). The Morgan fingerprint density at radius 1 is 1.73 bits per heavy atom.